The molecule has 0 spiro atoms. The average Bonchev–Trinajstić information content (AvgIpc) is 2.88. The first kappa shape index (κ1) is 25.7. The molecule has 2 heterocycles. The lowest BCUT2D eigenvalue weighted by molar-refractivity contribution is -0.145. The van der Waals surface area contributed by atoms with E-state index in [0.29, 0.717) is 18.9 Å². The number of hydrogen-bond donors (Lipinski definition) is 3. The zero-order valence-corrected chi connectivity index (χ0v) is 21.8. The highest BCUT2D eigenvalue weighted by molar-refractivity contribution is 5.87. The van der Waals surface area contributed by atoms with Crippen LogP contribution < -0.4 is 10.6 Å². The fraction of sp³-hybridized carbons (Fsp3) is 0.567. The summed E-state index contributed by atoms with van der Waals surface area (Å²) in [7, 11) is 0. The van der Waals surface area contributed by atoms with Crippen LogP contribution in [0, 0.1) is 11.3 Å². The first-order chi connectivity index (χ1) is 17.9. The van der Waals surface area contributed by atoms with Crippen molar-refractivity contribution >= 4 is 17.7 Å². The number of ether oxygens (including phenoxy) is 1. The zero-order chi connectivity index (χ0) is 25.8. The molecular formula is C30H39N3O4. The molecule has 0 bridgehead atoms. The van der Waals surface area contributed by atoms with E-state index in [-0.39, 0.29) is 18.4 Å². The Bertz CT molecular complexity index is 1130. The topological polar surface area (TPSA) is 101 Å². The van der Waals surface area contributed by atoms with Crippen LogP contribution in [0.3, 0.4) is 0 Å². The first-order valence-corrected chi connectivity index (χ1v) is 13.8. The molecule has 2 aromatic rings. The van der Waals surface area contributed by atoms with Gasteiger partial charge in [-0.2, -0.15) is 0 Å². The summed E-state index contributed by atoms with van der Waals surface area (Å²) in [6.45, 7) is 3.29. The van der Waals surface area contributed by atoms with E-state index in [4.69, 9.17) is 9.72 Å². The van der Waals surface area contributed by atoms with E-state index in [1.165, 1.54) is 23.1 Å². The Morgan fingerprint density at radius 1 is 1.16 bits per heavy atom. The number of hydrogen-bond acceptors (Lipinski definition) is 5. The molecule has 1 aliphatic heterocycles. The van der Waals surface area contributed by atoms with Crippen molar-refractivity contribution in [1.82, 2.24) is 10.3 Å². The summed E-state index contributed by atoms with van der Waals surface area (Å²) in [5, 5.41) is 15.9. The normalized spacial score (nSPS) is 25.1. The number of aliphatic carboxylic acids is 1. The van der Waals surface area contributed by atoms with Gasteiger partial charge in [0.1, 0.15) is 11.9 Å². The second-order valence-electron chi connectivity index (χ2n) is 11.4. The number of carboxylic acid groups (broad SMARTS) is 1. The van der Waals surface area contributed by atoms with Gasteiger partial charge in [-0.3, -0.25) is 4.79 Å². The number of fused-ring (bicyclic) bond motifs is 2. The van der Waals surface area contributed by atoms with Crippen LogP contribution >= 0.6 is 0 Å². The summed E-state index contributed by atoms with van der Waals surface area (Å²) in [5.74, 6) is 0.500. The molecule has 1 amide bonds. The van der Waals surface area contributed by atoms with Crippen LogP contribution in [-0.4, -0.2) is 47.3 Å². The third-order valence-electron chi connectivity index (χ3n) is 8.51. The number of nitrogens with one attached hydrogen (secondary N) is 2. The number of aromatic nitrogens is 1. The molecule has 7 heteroatoms. The van der Waals surface area contributed by atoms with Gasteiger partial charge >= 0.3 is 5.97 Å². The summed E-state index contributed by atoms with van der Waals surface area (Å²) in [6, 6.07) is 11.6. The molecule has 1 saturated carbocycles. The van der Waals surface area contributed by atoms with Gasteiger partial charge in [-0.05, 0) is 86.5 Å². The SMILES string of the molecule is CC1(C(=O)NC(CCO[C@H]2C[C@H](CCc3ccc4c(n3)NCCC4)C2)C(=O)O)CCc2ccccc2C1. The summed E-state index contributed by atoms with van der Waals surface area (Å²) >= 11 is 0. The average molecular weight is 506 g/mol. The molecule has 37 heavy (non-hydrogen) atoms. The number of carbonyl (C=O) groups is 2. The minimum atomic E-state index is -1.00. The molecule has 198 valence electrons. The van der Waals surface area contributed by atoms with Gasteiger partial charge in [-0.25, -0.2) is 9.78 Å². The first-order valence-electron chi connectivity index (χ1n) is 13.8. The van der Waals surface area contributed by atoms with Crippen molar-refractivity contribution in [3.63, 3.8) is 0 Å². The van der Waals surface area contributed by atoms with E-state index >= 15 is 0 Å². The number of aryl methyl sites for hydroxylation is 3. The van der Waals surface area contributed by atoms with E-state index in [1.807, 2.05) is 19.1 Å². The molecule has 3 aliphatic rings. The molecule has 0 saturated heterocycles. The van der Waals surface area contributed by atoms with Crippen molar-refractivity contribution in [3.05, 3.63) is 58.8 Å². The van der Waals surface area contributed by atoms with Gasteiger partial charge < -0.3 is 20.5 Å². The van der Waals surface area contributed by atoms with Crippen molar-refractivity contribution in [1.29, 1.82) is 0 Å². The number of benzene rings is 1. The monoisotopic (exact) mass is 505 g/mol. The highest BCUT2D eigenvalue weighted by Crippen LogP contribution is 2.36. The maximum absolute atomic E-state index is 13.1. The number of anilines is 1. The van der Waals surface area contributed by atoms with Crippen LogP contribution in [0.25, 0.3) is 0 Å². The molecule has 1 fully saturated rings. The number of rotatable bonds is 10. The predicted octanol–water partition coefficient (Wildman–Crippen LogP) is 4.32. The van der Waals surface area contributed by atoms with E-state index in [0.717, 1.165) is 63.0 Å². The van der Waals surface area contributed by atoms with Gasteiger partial charge in [0, 0.05) is 25.3 Å². The molecule has 3 N–H and O–H groups in total. The Hall–Kier alpha value is -2.93. The van der Waals surface area contributed by atoms with Crippen molar-refractivity contribution in [2.45, 2.75) is 83.3 Å². The lowest BCUT2D eigenvalue weighted by atomic mass is 9.72. The Kier molecular flexibility index (Phi) is 7.79. The summed E-state index contributed by atoms with van der Waals surface area (Å²) < 4.78 is 5.97. The molecule has 0 radical (unpaired) electrons. The number of carboxylic acids is 1. The Labute approximate surface area is 219 Å². The third kappa shape index (κ3) is 6.15. The maximum atomic E-state index is 13.1. The lowest BCUT2D eigenvalue weighted by Gasteiger charge is -2.36. The minimum absolute atomic E-state index is 0.177. The van der Waals surface area contributed by atoms with E-state index in [9.17, 15) is 14.7 Å². The highest BCUT2D eigenvalue weighted by Gasteiger charge is 2.38. The summed E-state index contributed by atoms with van der Waals surface area (Å²) in [4.78, 5) is 29.7. The molecule has 2 atom stereocenters. The van der Waals surface area contributed by atoms with Gasteiger partial charge in [0.15, 0.2) is 0 Å². The molecule has 2 unspecified atom stereocenters. The minimum Gasteiger partial charge on any atom is -0.480 e. The molecule has 1 aromatic carbocycles. The van der Waals surface area contributed by atoms with Crippen LogP contribution in [-0.2, 0) is 40.0 Å². The van der Waals surface area contributed by atoms with Gasteiger partial charge in [0.2, 0.25) is 5.91 Å². The van der Waals surface area contributed by atoms with Crippen molar-refractivity contribution in [2.75, 3.05) is 18.5 Å². The van der Waals surface area contributed by atoms with Crippen LogP contribution in [0.5, 0.6) is 0 Å². The van der Waals surface area contributed by atoms with E-state index < -0.39 is 17.4 Å². The van der Waals surface area contributed by atoms with E-state index in [2.05, 4.69) is 34.9 Å². The smallest absolute Gasteiger partial charge is 0.326 e. The standard InChI is InChI=1S/C30H39N3O4/c1-30(14-12-21-5-2-3-6-23(21)19-30)29(36)33-26(28(34)35)13-16-37-25-17-20(18-25)8-10-24-11-9-22-7-4-15-31-27(22)32-24/h2-3,5-6,9,11,20,25-26H,4,7-8,10,12-19H2,1H3,(H,31,32)(H,33,36)(H,34,35)/t20-,25-,26?,30?. The second-order valence-corrected chi connectivity index (χ2v) is 11.4. The fourth-order valence-corrected chi connectivity index (χ4v) is 5.94. The lowest BCUT2D eigenvalue weighted by Crippen LogP contribution is -2.50. The largest absolute Gasteiger partial charge is 0.480 e. The predicted molar refractivity (Wildman–Crippen MR) is 143 cm³/mol. The molecule has 2 aliphatic carbocycles. The van der Waals surface area contributed by atoms with Gasteiger partial charge in [0.25, 0.3) is 0 Å². The number of pyridine rings is 1. The highest BCUT2D eigenvalue weighted by atomic mass is 16.5. The maximum Gasteiger partial charge on any atom is 0.326 e. The van der Waals surface area contributed by atoms with Crippen LogP contribution in [0.15, 0.2) is 36.4 Å². The van der Waals surface area contributed by atoms with Gasteiger partial charge in [-0.15, -0.1) is 0 Å². The van der Waals surface area contributed by atoms with Gasteiger partial charge in [0.05, 0.1) is 11.5 Å². The van der Waals surface area contributed by atoms with Crippen LogP contribution in [0.1, 0.15) is 67.8 Å². The number of amides is 1. The zero-order valence-electron chi connectivity index (χ0n) is 21.8. The Balaban J connectivity index is 1.02. The third-order valence-corrected chi connectivity index (χ3v) is 8.51. The quantitative estimate of drug-likeness (QED) is 0.445. The molecular weight excluding hydrogens is 466 g/mol. The van der Waals surface area contributed by atoms with Crippen molar-refractivity contribution in [3.8, 4) is 0 Å². The Morgan fingerprint density at radius 2 is 1.97 bits per heavy atom. The van der Waals surface area contributed by atoms with Crippen molar-refractivity contribution in [2.24, 2.45) is 11.3 Å². The van der Waals surface area contributed by atoms with Crippen LogP contribution in [0.2, 0.25) is 0 Å². The summed E-state index contributed by atoms with van der Waals surface area (Å²) in [5.41, 5.74) is 4.34. The van der Waals surface area contributed by atoms with E-state index in [1.54, 1.807) is 0 Å². The second kappa shape index (κ2) is 11.2. The van der Waals surface area contributed by atoms with Crippen LogP contribution in [0.4, 0.5) is 5.82 Å². The molecule has 7 nitrogen and oxygen atoms in total. The summed E-state index contributed by atoms with van der Waals surface area (Å²) in [6.07, 6.45) is 9.02. The number of nitrogens with zero attached hydrogens (tertiary/aromatic N) is 1. The molecule has 1 aromatic heterocycles. The fourth-order valence-electron chi connectivity index (χ4n) is 5.94. The van der Waals surface area contributed by atoms with Crippen molar-refractivity contribution < 1.29 is 19.4 Å². The Morgan fingerprint density at radius 3 is 2.78 bits per heavy atom. The number of carbonyl (C=O) groups excluding carboxylic acids is 1. The molecule has 5 rings (SSSR count). The van der Waals surface area contributed by atoms with Gasteiger partial charge in [-0.1, -0.05) is 37.3 Å².